The van der Waals surface area contributed by atoms with E-state index in [0.29, 0.717) is 12.2 Å². The van der Waals surface area contributed by atoms with Gasteiger partial charge in [0.15, 0.2) is 5.69 Å². The summed E-state index contributed by atoms with van der Waals surface area (Å²) in [6, 6.07) is 7.87. The number of benzene rings is 1. The van der Waals surface area contributed by atoms with Gasteiger partial charge < -0.3 is 10.6 Å². The zero-order chi connectivity index (χ0) is 14.4. The average molecular weight is 273 g/mol. The van der Waals surface area contributed by atoms with E-state index in [1.165, 1.54) is 0 Å². The molecule has 0 unspecified atom stereocenters. The van der Waals surface area contributed by atoms with Gasteiger partial charge in [-0.25, -0.2) is 4.68 Å². The lowest BCUT2D eigenvalue weighted by Crippen LogP contribution is -2.26. The van der Waals surface area contributed by atoms with Gasteiger partial charge in [0.05, 0.1) is 11.9 Å². The molecule has 0 bridgehead atoms. The molecule has 1 aromatic carbocycles. The fourth-order valence-corrected chi connectivity index (χ4v) is 1.82. The fourth-order valence-electron chi connectivity index (χ4n) is 1.82. The standard InChI is InChI=1S/C14H19N5O/c1-11-5-3-6-12(9-11)19-10-13(17-18-19)14(20)16-8-4-7-15-2/h3,5-6,9-10,15H,4,7-8H2,1-2H3,(H,16,20). The molecule has 0 saturated carbocycles. The lowest BCUT2D eigenvalue weighted by molar-refractivity contribution is 0.0948. The number of amides is 1. The molecule has 1 heterocycles. The van der Waals surface area contributed by atoms with Gasteiger partial charge in [0, 0.05) is 6.54 Å². The Labute approximate surface area is 118 Å². The number of carbonyl (C=O) groups excluding carboxylic acids is 1. The molecule has 106 valence electrons. The zero-order valence-corrected chi connectivity index (χ0v) is 11.8. The van der Waals surface area contributed by atoms with Crippen molar-refractivity contribution in [2.45, 2.75) is 13.3 Å². The van der Waals surface area contributed by atoms with Crippen LogP contribution in [-0.2, 0) is 0 Å². The molecule has 2 aromatic rings. The summed E-state index contributed by atoms with van der Waals surface area (Å²) >= 11 is 0. The number of aromatic nitrogens is 3. The van der Waals surface area contributed by atoms with Gasteiger partial charge in [-0.15, -0.1) is 5.10 Å². The van der Waals surface area contributed by atoms with E-state index in [4.69, 9.17) is 0 Å². The van der Waals surface area contributed by atoms with Crippen molar-refractivity contribution in [3.63, 3.8) is 0 Å². The van der Waals surface area contributed by atoms with Gasteiger partial charge in [0.25, 0.3) is 5.91 Å². The summed E-state index contributed by atoms with van der Waals surface area (Å²) in [7, 11) is 1.88. The number of rotatable bonds is 6. The maximum Gasteiger partial charge on any atom is 0.273 e. The van der Waals surface area contributed by atoms with Crippen molar-refractivity contribution in [1.82, 2.24) is 25.6 Å². The Morgan fingerprint density at radius 2 is 2.20 bits per heavy atom. The highest BCUT2D eigenvalue weighted by Gasteiger charge is 2.10. The molecule has 6 heteroatoms. The Balaban J connectivity index is 2.00. The summed E-state index contributed by atoms with van der Waals surface area (Å²) in [6.07, 6.45) is 2.52. The molecule has 0 fully saturated rings. The first-order valence-electron chi connectivity index (χ1n) is 6.63. The summed E-state index contributed by atoms with van der Waals surface area (Å²) in [5, 5.41) is 13.7. The molecule has 0 aliphatic rings. The van der Waals surface area contributed by atoms with Crippen LogP contribution in [0.25, 0.3) is 5.69 Å². The highest BCUT2D eigenvalue weighted by atomic mass is 16.2. The second-order valence-electron chi connectivity index (χ2n) is 4.60. The molecule has 6 nitrogen and oxygen atoms in total. The van der Waals surface area contributed by atoms with Crippen LogP contribution in [0, 0.1) is 6.92 Å². The monoisotopic (exact) mass is 273 g/mol. The largest absolute Gasteiger partial charge is 0.351 e. The van der Waals surface area contributed by atoms with Crippen LogP contribution in [0.2, 0.25) is 0 Å². The minimum atomic E-state index is -0.194. The highest BCUT2D eigenvalue weighted by Crippen LogP contribution is 2.09. The normalized spacial score (nSPS) is 10.5. The van der Waals surface area contributed by atoms with E-state index in [0.717, 1.165) is 24.2 Å². The second-order valence-corrected chi connectivity index (χ2v) is 4.60. The van der Waals surface area contributed by atoms with Crippen molar-refractivity contribution in [2.24, 2.45) is 0 Å². The molecule has 20 heavy (non-hydrogen) atoms. The van der Waals surface area contributed by atoms with E-state index in [-0.39, 0.29) is 5.91 Å². The quantitative estimate of drug-likeness (QED) is 0.768. The van der Waals surface area contributed by atoms with E-state index in [1.54, 1.807) is 10.9 Å². The third kappa shape index (κ3) is 3.64. The van der Waals surface area contributed by atoms with Crippen LogP contribution in [0.4, 0.5) is 0 Å². The van der Waals surface area contributed by atoms with Crippen LogP contribution in [0.1, 0.15) is 22.5 Å². The molecule has 0 saturated heterocycles. The number of aryl methyl sites for hydroxylation is 1. The summed E-state index contributed by atoms with van der Waals surface area (Å²) in [5.41, 5.74) is 2.36. The van der Waals surface area contributed by atoms with Gasteiger partial charge in [0.1, 0.15) is 0 Å². The van der Waals surface area contributed by atoms with Gasteiger partial charge in [-0.05, 0) is 44.6 Å². The first kappa shape index (κ1) is 14.2. The van der Waals surface area contributed by atoms with Crippen molar-refractivity contribution < 1.29 is 4.79 Å². The maximum atomic E-state index is 11.9. The van der Waals surface area contributed by atoms with E-state index >= 15 is 0 Å². The van der Waals surface area contributed by atoms with Crippen LogP contribution in [0.5, 0.6) is 0 Å². The second kappa shape index (κ2) is 6.81. The van der Waals surface area contributed by atoms with Crippen LogP contribution < -0.4 is 10.6 Å². The summed E-state index contributed by atoms with van der Waals surface area (Å²) in [4.78, 5) is 11.9. The number of nitrogens with zero attached hydrogens (tertiary/aromatic N) is 3. The molecule has 1 aromatic heterocycles. The number of hydrogen-bond donors (Lipinski definition) is 2. The Bertz CT molecular complexity index is 578. The molecule has 2 rings (SSSR count). The fraction of sp³-hybridized carbons (Fsp3) is 0.357. The SMILES string of the molecule is CNCCCNC(=O)c1cn(-c2cccc(C)c2)nn1. The first-order chi connectivity index (χ1) is 9.70. The summed E-state index contributed by atoms with van der Waals surface area (Å²) < 4.78 is 1.61. The Morgan fingerprint density at radius 1 is 1.35 bits per heavy atom. The van der Waals surface area contributed by atoms with Crippen LogP contribution >= 0.6 is 0 Å². The van der Waals surface area contributed by atoms with Gasteiger partial charge in [-0.2, -0.15) is 0 Å². The molecule has 1 amide bonds. The van der Waals surface area contributed by atoms with Gasteiger partial charge in [-0.1, -0.05) is 17.3 Å². The number of hydrogen-bond acceptors (Lipinski definition) is 4. The molecule has 0 radical (unpaired) electrons. The Kier molecular flexibility index (Phi) is 4.84. The Morgan fingerprint density at radius 3 is 2.95 bits per heavy atom. The third-order valence-corrected chi connectivity index (χ3v) is 2.88. The van der Waals surface area contributed by atoms with Gasteiger partial charge >= 0.3 is 0 Å². The van der Waals surface area contributed by atoms with Crippen molar-refractivity contribution in [1.29, 1.82) is 0 Å². The molecule has 2 N–H and O–H groups in total. The average Bonchev–Trinajstić information content (AvgIpc) is 2.93. The van der Waals surface area contributed by atoms with Gasteiger partial charge in [0.2, 0.25) is 0 Å². The van der Waals surface area contributed by atoms with Crippen molar-refractivity contribution in [3.8, 4) is 5.69 Å². The van der Waals surface area contributed by atoms with E-state index in [2.05, 4.69) is 20.9 Å². The molecule has 0 aliphatic heterocycles. The van der Waals surface area contributed by atoms with Crippen molar-refractivity contribution >= 4 is 5.91 Å². The lowest BCUT2D eigenvalue weighted by Gasteiger charge is -2.02. The van der Waals surface area contributed by atoms with Gasteiger partial charge in [-0.3, -0.25) is 4.79 Å². The van der Waals surface area contributed by atoms with Crippen molar-refractivity contribution in [3.05, 3.63) is 41.7 Å². The smallest absolute Gasteiger partial charge is 0.273 e. The first-order valence-corrected chi connectivity index (χ1v) is 6.63. The van der Waals surface area contributed by atoms with Crippen LogP contribution in [-0.4, -0.2) is 41.0 Å². The predicted molar refractivity (Wildman–Crippen MR) is 77.0 cm³/mol. The lowest BCUT2D eigenvalue weighted by atomic mass is 10.2. The Hall–Kier alpha value is -2.21. The molecular formula is C14H19N5O. The predicted octanol–water partition coefficient (Wildman–Crippen LogP) is 0.915. The highest BCUT2D eigenvalue weighted by molar-refractivity contribution is 5.91. The number of carbonyl (C=O) groups is 1. The zero-order valence-electron chi connectivity index (χ0n) is 11.8. The molecular weight excluding hydrogens is 254 g/mol. The third-order valence-electron chi connectivity index (χ3n) is 2.88. The van der Waals surface area contributed by atoms with Crippen molar-refractivity contribution in [2.75, 3.05) is 20.1 Å². The van der Waals surface area contributed by atoms with Crippen LogP contribution in [0.3, 0.4) is 0 Å². The summed E-state index contributed by atoms with van der Waals surface area (Å²) in [5.74, 6) is -0.194. The molecule has 0 atom stereocenters. The van der Waals surface area contributed by atoms with E-state index < -0.39 is 0 Å². The number of nitrogens with one attached hydrogen (secondary N) is 2. The molecule has 0 aliphatic carbocycles. The van der Waals surface area contributed by atoms with E-state index in [1.807, 2.05) is 38.2 Å². The maximum absolute atomic E-state index is 11.9. The van der Waals surface area contributed by atoms with Crippen LogP contribution in [0.15, 0.2) is 30.5 Å². The minimum Gasteiger partial charge on any atom is -0.351 e. The summed E-state index contributed by atoms with van der Waals surface area (Å²) in [6.45, 7) is 3.50. The molecule has 0 spiro atoms. The topological polar surface area (TPSA) is 71.8 Å². The van der Waals surface area contributed by atoms with E-state index in [9.17, 15) is 4.79 Å². The minimum absolute atomic E-state index is 0.194.